The molecule has 1 atom stereocenters. The average molecular weight is 344 g/mol. The van der Waals surface area contributed by atoms with E-state index >= 15 is 0 Å². The number of likely N-dealkylation sites (tertiary alicyclic amines) is 1. The van der Waals surface area contributed by atoms with Crippen LogP contribution >= 0.6 is 0 Å². The van der Waals surface area contributed by atoms with Crippen LogP contribution in [-0.4, -0.2) is 43.6 Å². The van der Waals surface area contributed by atoms with E-state index in [1.165, 1.54) is 12.8 Å². The molecule has 0 radical (unpaired) electrons. The molecule has 1 aliphatic rings. The quantitative estimate of drug-likeness (QED) is 0.569. The van der Waals surface area contributed by atoms with Crippen LogP contribution in [0.4, 0.5) is 0 Å². The monoisotopic (exact) mass is 344 g/mol. The summed E-state index contributed by atoms with van der Waals surface area (Å²) in [7, 11) is 0. The normalized spacial score (nSPS) is 16.9. The van der Waals surface area contributed by atoms with Gasteiger partial charge in [0.05, 0.1) is 25.1 Å². The van der Waals surface area contributed by atoms with E-state index in [2.05, 4.69) is 28.5 Å². The van der Waals surface area contributed by atoms with Gasteiger partial charge in [-0.3, -0.25) is 9.89 Å². The zero-order valence-corrected chi connectivity index (χ0v) is 14.9. The SMILES string of the molecule is CCNC(=NCC(c1ccco1)N1CCCC1)NCCc1ccco1. The van der Waals surface area contributed by atoms with Gasteiger partial charge in [-0.1, -0.05) is 0 Å². The van der Waals surface area contributed by atoms with Crippen LogP contribution in [0.1, 0.15) is 37.3 Å². The van der Waals surface area contributed by atoms with E-state index in [4.69, 9.17) is 13.8 Å². The number of nitrogens with one attached hydrogen (secondary N) is 2. The van der Waals surface area contributed by atoms with Crippen LogP contribution in [0.5, 0.6) is 0 Å². The van der Waals surface area contributed by atoms with Crippen molar-refractivity contribution in [3.05, 3.63) is 48.3 Å². The van der Waals surface area contributed by atoms with Crippen molar-refractivity contribution in [2.24, 2.45) is 4.99 Å². The molecule has 0 bridgehead atoms. The maximum atomic E-state index is 5.67. The Morgan fingerprint density at radius 2 is 1.96 bits per heavy atom. The standard InChI is InChI=1S/C19H28N4O2/c1-2-20-19(21-10-9-16-7-5-13-24-16)22-15-17(18-8-6-14-25-18)23-11-3-4-12-23/h5-8,13-14,17H,2-4,9-12,15H2,1H3,(H2,20,21,22). The molecule has 2 aromatic rings. The predicted octanol–water partition coefficient (Wildman–Crippen LogP) is 2.81. The van der Waals surface area contributed by atoms with E-state index < -0.39 is 0 Å². The van der Waals surface area contributed by atoms with Gasteiger partial charge in [-0.25, -0.2) is 0 Å². The Morgan fingerprint density at radius 1 is 1.16 bits per heavy atom. The minimum atomic E-state index is 0.207. The zero-order chi connectivity index (χ0) is 17.3. The lowest BCUT2D eigenvalue weighted by Gasteiger charge is -2.24. The summed E-state index contributed by atoms with van der Waals surface area (Å²) in [6, 6.07) is 8.12. The summed E-state index contributed by atoms with van der Waals surface area (Å²) in [6.07, 6.45) is 6.80. The first kappa shape index (κ1) is 17.6. The van der Waals surface area contributed by atoms with Gasteiger partial charge in [-0.15, -0.1) is 0 Å². The summed E-state index contributed by atoms with van der Waals surface area (Å²) in [5.41, 5.74) is 0. The van der Waals surface area contributed by atoms with Gasteiger partial charge in [0.15, 0.2) is 5.96 Å². The van der Waals surface area contributed by atoms with Crippen molar-refractivity contribution in [3.63, 3.8) is 0 Å². The molecule has 6 heteroatoms. The zero-order valence-electron chi connectivity index (χ0n) is 14.9. The van der Waals surface area contributed by atoms with Crippen LogP contribution in [0, 0.1) is 0 Å². The Kier molecular flexibility index (Phi) is 6.56. The summed E-state index contributed by atoms with van der Waals surface area (Å²) in [5, 5.41) is 6.69. The number of hydrogen-bond acceptors (Lipinski definition) is 4. The van der Waals surface area contributed by atoms with Gasteiger partial charge in [0.1, 0.15) is 11.5 Å². The minimum Gasteiger partial charge on any atom is -0.469 e. The Balaban J connectivity index is 1.59. The maximum absolute atomic E-state index is 5.67. The van der Waals surface area contributed by atoms with Crippen LogP contribution in [0.2, 0.25) is 0 Å². The van der Waals surface area contributed by atoms with Crippen molar-refractivity contribution >= 4 is 5.96 Å². The van der Waals surface area contributed by atoms with Gasteiger partial charge >= 0.3 is 0 Å². The minimum absolute atomic E-state index is 0.207. The first-order valence-corrected chi connectivity index (χ1v) is 9.19. The molecule has 2 aromatic heterocycles. The second-order valence-corrected chi connectivity index (χ2v) is 6.25. The third-order valence-electron chi connectivity index (χ3n) is 4.46. The first-order valence-electron chi connectivity index (χ1n) is 9.19. The Bertz CT molecular complexity index is 616. The number of guanidine groups is 1. The van der Waals surface area contributed by atoms with Gasteiger partial charge in [0, 0.05) is 19.5 Å². The molecule has 0 aromatic carbocycles. The lowest BCUT2D eigenvalue weighted by Crippen LogP contribution is -2.39. The van der Waals surface area contributed by atoms with E-state index in [-0.39, 0.29) is 6.04 Å². The van der Waals surface area contributed by atoms with Crippen molar-refractivity contribution < 1.29 is 8.83 Å². The van der Waals surface area contributed by atoms with Gasteiger partial charge in [0.25, 0.3) is 0 Å². The van der Waals surface area contributed by atoms with E-state index in [0.717, 1.165) is 50.1 Å². The molecular formula is C19H28N4O2. The Morgan fingerprint density at radius 3 is 2.64 bits per heavy atom. The van der Waals surface area contributed by atoms with Gasteiger partial charge in [-0.2, -0.15) is 0 Å². The van der Waals surface area contributed by atoms with Gasteiger partial charge < -0.3 is 19.5 Å². The van der Waals surface area contributed by atoms with E-state index in [9.17, 15) is 0 Å². The fourth-order valence-corrected chi connectivity index (χ4v) is 3.20. The molecule has 1 unspecified atom stereocenters. The molecule has 0 spiro atoms. The third kappa shape index (κ3) is 5.13. The molecule has 1 aliphatic heterocycles. The highest BCUT2D eigenvalue weighted by molar-refractivity contribution is 5.79. The molecule has 0 aliphatic carbocycles. The summed E-state index contributed by atoms with van der Waals surface area (Å²) < 4.78 is 11.0. The van der Waals surface area contributed by atoms with Crippen LogP contribution in [0.15, 0.2) is 50.6 Å². The molecule has 1 fully saturated rings. The predicted molar refractivity (Wildman–Crippen MR) is 98.6 cm³/mol. The first-order chi connectivity index (χ1) is 12.4. The molecule has 2 N–H and O–H groups in total. The van der Waals surface area contributed by atoms with Crippen LogP contribution in [0.3, 0.4) is 0 Å². The molecule has 25 heavy (non-hydrogen) atoms. The molecule has 3 rings (SSSR count). The summed E-state index contributed by atoms with van der Waals surface area (Å²) in [6.45, 7) is 6.61. The number of furan rings is 2. The lowest BCUT2D eigenvalue weighted by atomic mass is 10.2. The number of rotatable bonds is 8. The van der Waals surface area contributed by atoms with E-state index in [1.807, 2.05) is 18.2 Å². The number of hydrogen-bond donors (Lipinski definition) is 2. The molecule has 3 heterocycles. The Hall–Kier alpha value is -2.21. The highest BCUT2D eigenvalue weighted by Gasteiger charge is 2.25. The van der Waals surface area contributed by atoms with Crippen molar-refractivity contribution in [2.45, 2.75) is 32.2 Å². The van der Waals surface area contributed by atoms with Crippen molar-refractivity contribution in [1.82, 2.24) is 15.5 Å². The maximum Gasteiger partial charge on any atom is 0.191 e. The van der Waals surface area contributed by atoms with Crippen molar-refractivity contribution in [2.75, 3.05) is 32.7 Å². The molecule has 0 saturated carbocycles. The average Bonchev–Trinajstić information content (AvgIpc) is 3.38. The fourth-order valence-electron chi connectivity index (χ4n) is 3.20. The highest BCUT2D eigenvalue weighted by Crippen LogP contribution is 2.25. The largest absolute Gasteiger partial charge is 0.469 e. The van der Waals surface area contributed by atoms with Crippen molar-refractivity contribution in [1.29, 1.82) is 0 Å². The molecule has 6 nitrogen and oxygen atoms in total. The third-order valence-corrected chi connectivity index (χ3v) is 4.46. The fraction of sp³-hybridized carbons (Fsp3) is 0.526. The topological polar surface area (TPSA) is 65.9 Å². The molecule has 136 valence electrons. The molecule has 1 saturated heterocycles. The highest BCUT2D eigenvalue weighted by atomic mass is 16.3. The molecule has 0 amide bonds. The second kappa shape index (κ2) is 9.32. The second-order valence-electron chi connectivity index (χ2n) is 6.25. The summed E-state index contributed by atoms with van der Waals surface area (Å²) >= 11 is 0. The van der Waals surface area contributed by atoms with Crippen LogP contribution in [0.25, 0.3) is 0 Å². The molecular weight excluding hydrogens is 316 g/mol. The van der Waals surface area contributed by atoms with Crippen molar-refractivity contribution in [3.8, 4) is 0 Å². The van der Waals surface area contributed by atoms with E-state index in [1.54, 1.807) is 12.5 Å². The summed E-state index contributed by atoms with van der Waals surface area (Å²) in [4.78, 5) is 7.26. The lowest BCUT2D eigenvalue weighted by molar-refractivity contribution is 0.221. The number of nitrogens with zero attached hydrogens (tertiary/aromatic N) is 2. The van der Waals surface area contributed by atoms with Crippen LogP contribution < -0.4 is 10.6 Å². The smallest absolute Gasteiger partial charge is 0.191 e. The van der Waals surface area contributed by atoms with Gasteiger partial charge in [0.2, 0.25) is 0 Å². The van der Waals surface area contributed by atoms with Gasteiger partial charge in [-0.05, 0) is 57.1 Å². The van der Waals surface area contributed by atoms with Crippen LogP contribution in [-0.2, 0) is 6.42 Å². The van der Waals surface area contributed by atoms with E-state index in [0.29, 0.717) is 6.54 Å². The summed E-state index contributed by atoms with van der Waals surface area (Å²) in [5.74, 6) is 2.82. The Labute approximate surface area is 149 Å². The number of aliphatic imine (C=N–C) groups is 1.